The number of carbonyl (C=O) groups excluding carboxylic acids is 1. The number of aromatic nitrogens is 2. The maximum atomic E-state index is 11.9. The van der Waals surface area contributed by atoms with E-state index in [0.717, 1.165) is 18.8 Å². The van der Waals surface area contributed by atoms with Crippen LogP contribution in [0.5, 0.6) is 0 Å². The minimum Gasteiger partial charge on any atom is -0.382 e. The molecule has 1 aromatic rings. The van der Waals surface area contributed by atoms with Crippen LogP contribution in [0.1, 0.15) is 43.1 Å². The van der Waals surface area contributed by atoms with Gasteiger partial charge in [-0.3, -0.25) is 9.78 Å². The Morgan fingerprint density at radius 3 is 2.94 bits per heavy atom. The highest BCUT2D eigenvalue weighted by molar-refractivity contribution is 5.92. The Morgan fingerprint density at radius 1 is 1.59 bits per heavy atom. The Kier molecular flexibility index (Phi) is 3.56. The van der Waals surface area contributed by atoms with Gasteiger partial charge in [0.25, 0.3) is 5.91 Å². The summed E-state index contributed by atoms with van der Waals surface area (Å²) in [5.41, 5.74) is 5.79. The molecular weight excluding hydrogens is 216 g/mol. The monoisotopic (exact) mass is 234 g/mol. The quantitative estimate of drug-likeness (QED) is 0.806. The van der Waals surface area contributed by atoms with E-state index in [1.54, 1.807) is 0 Å². The first kappa shape index (κ1) is 11.8. The predicted molar refractivity (Wildman–Crippen MR) is 65.3 cm³/mol. The summed E-state index contributed by atoms with van der Waals surface area (Å²) in [5, 5.41) is 2.98. The van der Waals surface area contributed by atoms with Crippen molar-refractivity contribution in [2.75, 3.05) is 5.73 Å². The lowest BCUT2D eigenvalue weighted by molar-refractivity contribution is 0.0927. The van der Waals surface area contributed by atoms with Crippen molar-refractivity contribution in [3.63, 3.8) is 0 Å². The molecule has 1 saturated carbocycles. The number of nitrogen functional groups attached to an aromatic ring is 1. The van der Waals surface area contributed by atoms with Crippen LogP contribution >= 0.6 is 0 Å². The van der Waals surface area contributed by atoms with Crippen molar-refractivity contribution in [2.45, 2.75) is 38.6 Å². The fourth-order valence-electron chi connectivity index (χ4n) is 1.83. The lowest BCUT2D eigenvalue weighted by atomic mass is 10.1. The van der Waals surface area contributed by atoms with Crippen LogP contribution in [0.4, 0.5) is 5.82 Å². The Bertz CT molecular complexity index is 403. The van der Waals surface area contributed by atoms with Gasteiger partial charge in [0.15, 0.2) is 0 Å². The van der Waals surface area contributed by atoms with Crippen LogP contribution in [0, 0.1) is 5.92 Å². The van der Waals surface area contributed by atoms with Crippen molar-refractivity contribution in [3.05, 3.63) is 18.1 Å². The van der Waals surface area contributed by atoms with Crippen LogP contribution in [0.3, 0.4) is 0 Å². The van der Waals surface area contributed by atoms with Crippen molar-refractivity contribution in [2.24, 2.45) is 5.92 Å². The van der Waals surface area contributed by atoms with Gasteiger partial charge in [-0.15, -0.1) is 0 Å². The second-order valence-corrected chi connectivity index (χ2v) is 4.59. The summed E-state index contributed by atoms with van der Waals surface area (Å²) in [4.78, 5) is 19.7. The molecule has 1 heterocycles. The molecule has 1 amide bonds. The van der Waals surface area contributed by atoms with E-state index in [1.807, 2.05) is 0 Å². The van der Waals surface area contributed by atoms with E-state index >= 15 is 0 Å². The molecule has 1 unspecified atom stereocenters. The molecule has 17 heavy (non-hydrogen) atoms. The topological polar surface area (TPSA) is 80.9 Å². The van der Waals surface area contributed by atoms with Gasteiger partial charge in [0, 0.05) is 6.04 Å². The van der Waals surface area contributed by atoms with Crippen molar-refractivity contribution in [3.8, 4) is 0 Å². The van der Waals surface area contributed by atoms with Crippen LogP contribution in [0.15, 0.2) is 12.4 Å². The van der Waals surface area contributed by atoms with Crippen molar-refractivity contribution in [1.29, 1.82) is 0 Å². The van der Waals surface area contributed by atoms with E-state index in [9.17, 15) is 4.79 Å². The minimum absolute atomic E-state index is 0.183. The van der Waals surface area contributed by atoms with Crippen molar-refractivity contribution in [1.82, 2.24) is 15.3 Å². The Labute approximate surface area is 101 Å². The molecule has 5 nitrogen and oxygen atoms in total. The molecule has 0 aliphatic heterocycles. The molecule has 0 spiro atoms. The number of nitrogens with two attached hydrogens (primary N) is 1. The molecule has 5 heteroatoms. The van der Waals surface area contributed by atoms with Crippen LogP contribution < -0.4 is 11.1 Å². The molecule has 1 fully saturated rings. The minimum atomic E-state index is -0.183. The molecule has 3 N–H and O–H groups in total. The van der Waals surface area contributed by atoms with Gasteiger partial charge in [-0.2, -0.15) is 0 Å². The molecule has 1 aliphatic carbocycles. The van der Waals surface area contributed by atoms with E-state index in [1.165, 1.54) is 25.2 Å². The van der Waals surface area contributed by atoms with Crippen LogP contribution in [-0.2, 0) is 0 Å². The average Bonchev–Trinajstić information content (AvgIpc) is 3.12. The summed E-state index contributed by atoms with van der Waals surface area (Å²) in [5.74, 6) is 0.886. The summed E-state index contributed by atoms with van der Waals surface area (Å²) >= 11 is 0. The molecule has 1 aromatic heterocycles. The summed E-state index contributed by atoms with van der Waals surface area (Å²) in [6.45, 7) is 2.08. The summed E-state index contributed by atoms with van der Waals surface area (Å²) < 4.78 is 0. The number of nitrogens with zero attached hydrogens (tertiary/aromatic N) is 2. The largest absolute Gasteiger partial charge is 0.382 e. The second-order valence-electron chi connectivity index (χ2n) is 4.59. The fourth-order valence-corrected chi connectivity index (χ4v) is 1.83. The standard InChI is InChI=1S/C12H18N4O/c1-2-9(5-8-3-4-8)15-12(17)10-6-14-7-11(13)16-10/h6-9H,2-5H2,1H3,(H2,13,16)(H,15,17). The lowest BCUT2D eigenvalue weighted by Gasteiger charge is -2.16. The van der Waals surface area contributed by atoms with Crippen LogP contribution in [-0.4, -0.2) is 21.9 Å². The number of rotatable bonds is 5. The summed E-state index contributed by atoms with van der Waals surface area (Å²) in [6, 6.07) is 0.234. The molecular formula is C12H18N4O. The Hall–Kier alpha value is -1.65. The average molecular weight is 234 g/mol. The van der Waals surface area contributed by atoms with E-state index in [2.05, 4.69) is 22.2 Å². The van der Waals surface area contributed by atoms with Gasteiger partial charge in [0.2, 0.25) is 0 Å². The number of amides is 1. The third-order valence-corrected chi connectivity index (χ3v) is 3.03. The SMILES string of the molecule is CCC(CC1CC1)NC(=O)c1cncc(N)n1. The van der Waals surface area contributed by atoms with Gasteiger partial charge in [-0.25, -0.2) is 4.98 Å². The molecule has 0 radical (unpaired) electrons. The maximum Gasteiger partial charge on any atom is 0.271 e. The first-order valence-corrected chi connectivity index (χ1v) is 6.07. The van der Waals surface area contributed by atoms with Gasteiger partial charge < -0.3 is 11.1 Å². The molecule has 0 aromatic carbocycles. The Morgan fingerprint density at radius 2 is 2.35 bits per heavy atom. The maximum absolute atomic E-state index is 11.9. The number of hydrogen-bond donors (Lipinski definition) is 2. The Balaban J connectivity index is 1.94. The lowest BCUT2D eigenvalue weighted by Crippen LogP contribution is -2.35. The van der Waals surface area contributed by atoms with E-state index in [4.69, 9.17) is 5.73 Å². The highest BCUT2D eigenvalue weighted by atomic mass is 16.1. The van der Waals surface area contributed by atoms with Gasteiger partial charge >= 0.3 is 0 Å². The summed E-state index contributed by atoms with van der Waals surface area (Å²) in [6.07, 6.45) is 7.47. The van der Waals surface area contributed by atoms with Crippen molar-refractivity contribution < 1.29 is 4.79 Å². The highest BCUT2D eigenvalue weighted by Crippen LogP contribution is 2.34. The normalized spacial score (nSPS) is 16.5. The van der Waals surface area contributed by atoms with E-state index < -0.39 is 0 Å². The van der Waals surface area contributed by atoms with Crippen LogP contribution in [0.25, 0.3) is 0 Å². The first-order chi connectivity index (χ1) is 8.19. The molecule has 0 saturated heterocycles. The smallest absolute Gasteiger partial charge is 0.271 e. The number of hydrogen-bond acceptors (Lipinski definition) is 4. The van der Waals surface area contributed by atoms with Crippen molar-refractivity contribution >= 4 is 11.7 Å². The third kappa shape index (κ3) is 3.41. The molecule has 92 valence electrons. The molecule has 0 bridgehead atoms. The first-order valence-electron chi connectivity index (χ1n) is 6.07. The molecule has 2 rings (SSSR count). The number of nitrogens with one attached hydrogen (secondary N) is 1. The number of carbonyl (C=O) groups is 1. The predicted octanol–water partition coefficient (Wildman–Crippen LogP) is 1.37. The van der Waals surface area contributed by atoms with Gasteiger partial charge in [-0.1, -0.05) is 19.8 Å². The van der Waals surface area contributed by atoms with E-state index in [-0.39, 0.29) is 17.8 Å². The molecule has 1 atom stereocenters. The van der Waals surface area contributed by atoms with Crippen LogP contribution in [0.2, 0.25) is 0 Å². The summed E-state index contributed by atoms with van der Waals surface area (Å²) in [7, 11) is 0. The van der Waals surface area contributed by atoms with Gasteiger partial charge in [-0.05, 0) is 18.8 Å². The highest BCUT2D eigenvalue weighted by Gasteiger charge is 2.25. The zero-order valence-electron chi connectivity index (χ0n) is 10.0. The zero-order chi connectivity index (χ0) is 12.3. The van der Waals surface area contributed by atoms with Gasteiger partial charge in [0.1, 0.15) is 11.5 Å². The molecule has 1 aliphatic rings. The fraction of sp³-hybridized carbons (Fsp3) is 0.583. The van der Waals surface area contributed by atoms with E-state index in [0.29, 0.717) is 5.69 Å². The van der Waals surface area contributed by atoms with Gasteiger partial charge in [0.05, 0.1) is 12.4 Å². The zero-order valence-corrected chi connectivity index (χ0v) is 10.0. The second kappa shape index (κ2) is 5.12. The third-order valence-electron chi connectivity index (χ3n) is 3.03. The number of anilines is 1.